The Labute approximate surface area is 92.5 Å². The lowest BCUT2D eigenvalue weighted by Gasteiger charge is -2.34. The van der Waals surface area contributed by atoms with E-state index in [0.29, 0.717) is 18.0 Å². The van der Waals surface area contributed by atoms with Crippen LogP contribution in [0.25, 0.3) is 0 Å². The Morgan fingerprint density at radius 3 is 2.67 bits per heavy atom. The van der Waals surface area contributed by atoms with Crippen LogP contribution in [0.15, 0.2) is 4.99 Å². The quantitative estimate of drug-likeness (QED) is 0.763. The molecule has 0 aromatic heterocycles. The van der Waals surface area contributed by atoms with E-state index < -0.39 is 0 Å². The third-order valence-corrected chi connectivity index (χ3v) is 2.96. The number of aliphatic imine (C=N–C) groups is 1. The maximum atomic E-state index is 5.87. The minimum absolute atomic E-state index is 0.113. The Hall–Kier alpha value is -0.770. The molecule has 4 nitrogen and oxygen atoms in total. The topological polar surface area (TPSA) is 50.9 Å². The van der Waals surface area contributed by atoms with Crippen LogP contribution in [0.1, 0.15) is 34.1 Å². The SMILES string of the molecule is COC(C)(C)CC1CN=C(N)N1C(C)C. The van der Waals surface area contributed by atoms with Gasteiger partial charge in [-0.15, -0.1) is 0 Å². The first-order valence-corrected chi connectivity index (χ1v) is 5.51. The van der Waals surface area contributed by atoms with E-state index in [4.69, 9.17) is 10.5 Å². The van der Waals surface area contributed by atoms with Gasteiger partial charge in [0.2, 0.25) is 0 Å². The number of ether oxygens (including phenoxy) is 1. The molecule has 0 saturated carbocycles. The summed E-state index contributed by atoms with van der Waals surface area (Å²) >= 11 is 0. The summed E-state index contributed by atoms with van der Waals surface area (Å²) in [5, 5.41) is 0. The summed E-state index contributed by atoms with van der Waals surface area (Å²) in [4.78, 5) is 6.48. The van der Waals surface area contributed by atoms with Crippen LogP contribution in [-0.4, -0.2) is 42.2 Å². The molecule has 0 aliphatic carbocycles. The summed E-state index contributed by atoms with van der Waals surface area (Å²) < 4.78 is 5.44. The van der Waals surface area contributed by atoms with Gasteiger partial charge >= 0.3 is 0 Å². The van der Waals surface area contributed by atoms with E-state index in [9.17, 15) is 0 Å². The fraction of sp³-hybridized carbons (Fsp3) is 0.909. The van der Waals surface area contributed by atoms with Gasteiger partial charge in [0.15, 0.2) is 5.96 Å². The second-order valence-corrected chi connectivity index (χ2v) is 5.02. The summed E-state index contributed by atoms with van der Waals surface area (Å²) in [7, 11) is 1.75. The third kappa shape index (κ3) is 2.84. The average molecular weight is 213 g/mol. The number of rotatable bonds is 4. The summed E-state index contributed by atoms with van der Waals surface area (Å²) in [5.74, 6) is 0.668. The molecule has 1 rings (SSSR count). The molecule has 0 fully saturated rings. The standard InChI is InChI=1S/C11H23N3O/c1-8(2)14-9(7-13-10(14)12)6-11(3,4)15-5/h8-9H,6-7H2,1-5H3,(H2,12,13). The Morgan fingerprint density at radius 2 is 2.20 bits per heavy atom. The molecule has 0 spiro atoms. The zero-order valence-electron chi connectivity index (χ0n) is 10.4. The molecule has 0 amide bonds. The Kier molecular flexibility index (Phi) is 3.60. The van der Waals surface area contributed by atoms with Gasteiger partial charge in [-0.1, -0.05) is 0 Å². The molecule has 0 aromatic carbocycles. The highest BCUT2D eigenvalue weighted by Crippen LogP contribution is 2.23. The highest BCUT2D eigenvalue weighted by molar-refractivity contribution is 5.80. The Morgan fingerprint density at radius 1 is 1.60 bits per heavy atom. The highest BCUT2D eigenvalue weighted by Gasteiger charge is 2.32. The fourth-order valence-electron chi connectivity index (χ4n) is 2.06. The molecule has 1 aliphatic rings. The van der Waals surface area contributed by atoms with Gasteiger partial charge < -0.3 is 15.4 Å². The van der Waals surface area contributed by atoms with Crippen LogP contribution in [0.4, 0.5) is 0 Å². The van der Waals surface area contributed by atoms with E-state index in [1.807, 2.05) is 0 Å². The maximum absolute atomic E-state index is 5.87. The zero-order valence-corrected chi connectivity index (χ0v) is 10.4. The van der Waals surface area contributed by atoms with Crippen molar-refractivity contribution in [2.45, 2.75) is 51.8 Å². The number of methoxy groups -OCH3 is 1. The van der Waals surface area contributed by atoms with E-state index in [2.05, 4.69) is 37.6 Å². The van der Waals surface area contributed by atoms with Crippen molar-refractivity contribution in [3.05, 3.63) is 0 Å². The summed E-state index contributed by atoms with van der Waals surface area (Å²) in [6.07, 6.45) is 0.950. The van der Waals surface area contributed by atoms with Crippen molar-refractivity contribution in [2.24, 2.45) is 10.7 Å². The van der Waals surface area contributed by atoms with Crippen LogP contribution in [0, 0.1) is 0 Å². The lowest BCUT2D eigenvalue weighted by molar-refractivity contribution is -0.000472. The summed E-state index contributed by atoms with van der Waals surface area (Å²) in [6, 6.07) is 0.772. The van der Waals surface area contributed by atoms with E-state index in [1.165, 1.54) is 0 Å². The van der Waals surface area contributed by atoms with Gasteiger partial charge in [-0.05, 0) is 34.1 Å². The predicted molar refractivity (Wildman–Crippen MR) is 63.0 cm³/mol. The third-order valence-electron chi connectivity index (χ3n) is 2.96. The van der Waals surface area contributed by atoms with Crippen molar-refractivity contribution >= 4 is 5.96 Å². The number of guanidine groups is 1. The number of hydrogen-bond acceptors (Lipinski definition) is 4. The average Bonchev–Trinajstić information content (AvgIpc) is 2.46. The van der Waals surface area contributed by atoms with Crippen LogP contribution < -0.4 is 5.73 Å². The van der Waals surface area contributed by atoms with Gasteiger partial charge in [0, 0.05) is 13.2 Å². The fourth-order valence-corrected chi connectivity index (χ4v) is 2.06. The van der Waals surface area contributed by atoms with Crippen molar-refractivity contribution in [1.29, 1.82) is 0 Å². The minimum atomic E-state index is -0.113. The van der Waals surface area contributed by atoms with Gasteiger partial charge in [-0.25, -0.2) is 0 Å². The largest absolute Gasteiger partial charge is 0.379 e. The van der Waals surface area contributed by atoms with Gasteiger partial charge in [0.1, 0.15) is 0 Å². The first-order valence-electron chi connectivity index (χ1n) is 5.51. The minimum Gasteiger partial charge on any atom is -0.379 e. The molecule has 1 unspecified atom stereocenters. The Balaban J connectivity index is 2.65. The highest BCUT2D eigenvalue weighted by atomic mass is 16.5. The first kappa shape index (κ1) is 12.3. The summed E-state index contributed by atoms with van der Waals surface area (Å²) in [5.41, 5.74) is 5.75. The second kappa shape index (κ2) is 4.39. The van der Waals surface area contributed by atoms with Gasteiger partial charge in [-0.3, -0.25) is 4.99 Å². The van der Waals surface area contributed by atoms with Crippen molar-refractivity contribution in [1.82, 2.24) is 4.90 Å². The molecule has 15 heavy (non-hydrogen) atoms. The van der Waals surface area contributed by atoms with Crippen molar-refractivity contribution < 1.29 is 4.74 Å². The second-order valence-electron chi connectivity index (χ2n) is 5.02. The van der Waals surface area contributed by atoms with Crippen molar-refractivity contribution in [3.63, 3.8) is 0 Å². The molecular formula is C11H23N3O. The molecule has 0 aromatic rings. The van der Waals surface area contributed by atoms with Crippen LogP contribution in [0.5, 0.6) is 0 Å². The summed E-state index contributed by atoms with van der Waals surface area (Å²) in [6.45, 7) is 9.26. The van der Waals surface area contributed by atoms with Crippen LogP contribution >= 0.6 is 0 Å². The molecule has 1 aliphatic heterocycles. The number of nitrogens with two attached hydrogens (primary N) is 1. The van der Waals surface area contributed by atoms with Crippen LogP contribution in [0.3, 0.4) is 0 Å². The van der Waals surface area contributed by atoms with Gasteiger partial charge in [0.05, 0.1) is 18.2 Å². The molecule has 0 bridgehead atoms. The lowest BCUT2D eigenvalue weighted by atomic mass is 9.97. The molecule has 1 atom stereocenters. The van der Waals surface area contributed by atoms with E-state index in [0.717, 1.165) is 13.0 Å². The maximum Gasteiger partial charge on any atom is 0.191 e. The molecule has 2 N–H and O–H groups in total. The van der Waals surface area contributed by atoms with Gasteiger partial charge in [0.25, 0.3) is 0 Å². The number of nitrogens with zero attached hydrogens (tertiary/aromatic N) is 2. The first-order chi connectivity index (χ1) is 6.87. The monoisotopic (exact) mass is 213 g/mol. The normalized spacial score (nSPS) is 22.4. The predicted octanol–water partition coefficient (Wildman–Crippen LogP) is 1.21. The lowest BCUT2D eigenvalue weighted by Crippen LogP contribution is -2.47. The molecule has 1 heterocycles. The van der Waals surface area contributed by atoms with E-state index in [-0.39, 0.29) is 5.60 Å². The van der Waals surface area contributed by atoms with E-state index >= 15 is 0 Å². The molecule has 0 saturated heterocycles. The molecule has 4 heteroatoms. The number of hydrogen-bond donors (Lipinski definition) is 1. The van der Waals surface area contributed by atoms with Crippen molar-refractivity contribution in [2.75, 3.05) is 13.7 Å². The van der Waals surface area contributed by atoms with E-state index in [1.54, 1.807) is 7.11 Å². The molecule has 88 valence electrons. The molecule has 0 radical (unpaired) electrons. The van der Waals surface area contributed by atoms with Gasteiger partial charge in [-0.2, -0.15) is 0 Å². The van der Waals surface area contributed by atoms with Crippen LogP contribution in [-0.2, 0) is 4.74 Å². The smallest absolute Gasteiger partial charge is 0.191 e. The van der Waals surface area contributed by atoms with Crippen molar-refractivity contribution in [3.8, 4) is 0 Å². The van der Waals surface area contributed by atoms with Crippen LogP contribution in [0.2, 0.25) is 0 Å². The Bertz CT molecular complexity index is 248. The molecular weight excluding hydrogens is 190 g/mol. The zero-order chi connectivity index (χ0) is 11.6.